The minimum Gasteiger partial charge on any atom is -0.488 e. The lowest BCUT2D eigenvalue weighted by atomic mass is 10.0. The number of halogens is 1. The fourth-order valence-electron chi connectivity index (χ4n) is 4.46. The van der Waals surface area contributed by atoms with E-state index in [1.807, 2.05) is 6.92 Å². The first-order valence-corrected chi connectivity index (χ1v) is 14.3. The van der Waals surface area contributed by atoms with Gasteiger partial charge in [-0.2, -0.15) is 4.31 Å². The smallest absolute Gasteiger partial charge is 0.246 e. The van der Waals surface area contributed by atoms with Crippen molar-refractivity contribution in [3.63, 3.8) is 0 Å². The third-order valence-electron chi connectivity index (χ3n) is 6.86. The maximum Gasteiger partial charge on any atom is 0.246 e. The molecule has 0 spiro atoms. The average Bonchev–Trinajstić information content (AvgIpc) is 3.45. The summed E-state index contributed by atoms with van der Waals surface area (Å²) in [5, 5.41) is 23.2. The highest BCUT2D eigenvalue weighted by Gasteiger charge is 2.33. The Labute approximate surface area is 236 Å². The lowest BCUT2D eigenvalue weighted by Gasteiger charge is -2.33. The van der Waals surface area contributed by atoms with E-state index in [-0.39, 0.29) is 55.3 Å². The molecule has 0 aliphatic carbocycles. The number of carbonyl (C=O) groups excluding carboxylic acids is 2. The zero-order valence-corrected chi connectivity index (χ0v) is 23.7. The van der Waals surface area contributed by atoms with Crippen LogP contribution < -0.4 is 10.1 Å². The molecule has 1 aliphatic heterocycles. The molecule has 0 unspecified atom stereocenters. The SMILES string of the molecule is C[C@@H]1CN([C@H](C)CO)C(=O)Cc2cc(NC(=O)Cn3cnnn3)ccc2O[C@H]1CN(C)S(=O)(=O)c1ccc(F)cc1. The summed E-state index contributed by atoms with van der Waals surface area (Å²) in [5.74, 6) is -1.18. The number of ether oxygens (including phenoxy) is 1. The van der Waals surface area contributed by atoms with Gasteiger partial charge in [-0.15, -0.1) is 5.10 Å². The second-order valence-electron chi connectivity index (χ2n) is 10.0. The first-order valence-electron chi connectivity index (χ1n) is 12.9. The molecular formula is C26H32FN7O6S. The molecule has 13 nitrogen and oxygen atoms in total. The average molecular weight is 590 g/mol. The topological polar surface area (TPSA) is 160 Å². The molecule has 4 rings (SSSR count). The van der Waals surface area contributed by atoms with Crippen LogP contribution in [0.3, 0.4) is 0 Å². The molecule has 0 fully saturated rings. The summed E-state index contributed by atoms with van der Waals surface area (Å²) < 4.78 is 48.6. The fraction of sp³-hybridized carbons (Fsp3) is 0.423. The third-order valence-corrected chi connectivity index (χ3v) is 8.69. The van der Waals surface area contributed by atoms with E-state index >= 15 is 0 Å². The molecule has 220 valence electrons. The molecule has 3 aromatic rings. The number of aromatic nitrogens is 4. The van der Waals surface area contributed by atoms with E-state index in [4.69, 9.17) is 4.74 Å². The predicted molar refractivity (Wildman–Crippen MR) is 145 cm³/mol. The standard InChI is InChI=1S/C26H32FN7O6S/c1-17-12-34(18(2)15-35)26(37)11-19-10-21(29-25(36)14-33-16-28-30-31-33)6-9-23(19)40-24(17)13-32(3)41(38,39)22-7-4-20(27)5-8-22/h4-10,16-18,24,35H,11-15H2,1-3H3,(H,29,36)/t17-,18-,24+/m1/s1. The quantitative estimate of drug-likeness (QED) is 0.370. The molecule has 0 radical (unpaired) electrons. The van der Waals surface area contributed by atoms with Crippen LogP contribution in [-0.2, 0) is 32.6 Å². The van der Waals surface area contributed by atoms with E-state index in [0.717, 1.165) is 16.4 Å². The molecule has 2 amide bonds. The van der Waals surface area contributed by atoms with Gasteiger partial charge in [0.2, 0.25) is 21.8 Å². The van der Waals surface area contributed by atoms with Crippen LogP contribution in [0.15, 0.2) is 53.7 Å². The van der Waals surface area contributed by atoms with E-state index in [9.17, 15) is 27.5 Å². The highest BCUT2D eigenvalue weighted by atomic mass is 32.2. The van der Waals surface area contributed by atoms with Gasteiger partial charge in [-0.3, -0.25) is 9.59 Å². The Morgan fingerprint density at radius 2 is 2.00 bits per heavy atom. The van der Waals surface area contributed by atoms with Crippen molar-refractivity contribution in [2.45, 2.75) is 43.9 Å². The van der Waals surface area contributed by atoms with Crippen LogP contribution >= 0.6 is 0 Å². The van der Waals surface area contributed by atoms with Crippen molar-refractivity contribution in [2.75, 3.05) is 32.1 Å². The minimum atomic E-state index is -3.97. The van der Waals surface area contributed by atoms with Gasteiger partial charge in [0.05, 0.1) is 30.5 Å². The summed E-state index contributed by atoms with van der Waals surface area (Å²) in [4.78, 5) is 27.3. The molecule has 2 N–H and O–H groups in total. The summed E-state index contributed by atoms with van der Waals surface area (Å²) >= 11 is 0. The number of likely N-dealkylation sites (N-methyl/N-ethyl adjacent to an activating group) is 1. The molecular weight excluding hydrogens is 557 g/mol. The van der Waals surface area contributed by atoms with Crippen molar-refractivity contribution in [3.05, 3.63) is 60.2 Å². The van der Waals surface area contributed by atoms with E-state index in [2.05, 4.69) is 20.8 Å². The Balaban J connectivity index is 1.62. The monoisotopic (exact) mass is 589 g/mol. The number of sulfonamides is 1. The van der Waals surface area contributed by atoms with Crippen LogP contribution in [0.4, 0.5) is 10.1 Å². The number of fused-ring (bicyclic) bond motifs is 1. The molecule has 0 saturated heterocycles. The Morgan fingerprint density at radius 1 is 1.27 bits per heavy atom. The number of aliphatic hydroxyl groups excluding tert-OH is 1. The summed E-state index contributed by atoms with van der Waals surface area (Å²) in [6, 6.07) is 8.92. The fourth-order valence-corrected chi connectivity index (χ4v) is 5.65. The van der Waals surface area contributed by atoms with Crippen molar-refractivity contribution in [2.24, 2.45) is 5.92 Å². The number of rotatable bonds is 9. The number of anilines is 1. The van der Waals surface area contributed by atoms with Crippen LogP contribution in [0, 0.1) is 11.7 Å². The van der Waals surface area contributed by atoms with Crippen molar-refractivity contribution in [3.8, 4) is 5.75 Å². The molecule has 1 aromatic heterocycles. The number of hydrogen-bond acceptors (Lipinski definition) is 9. The second kappa shape index (κ2) is 12.7. The zero-order valence-electron chi connectivity index (χ0n) is 22.8. The van der Waals surface area contributed by atoms with Gasteiger partial charge in [0.15, 0.2) is 0 Å². The van der Waals surface area contributed by atoms with Crippen LogP contribution in [0.2, 0.25) is 0 Å². The molecule has 0 saturated carbocycles. The maximum atomic E-state index is 13.4. The third kappa shape index (κ3) is 7.23. The van der Waals surface area contributed by atoms with Crippen LogP contribution in [0.25, 0.3) is 0 Å². The summed E-state index contributed by atoms with van der Waals surface area (Å²) in [5.41, 5.74) is 0.897. The highest BCUT2D eigenvalue weighted by molar-refractivity contribution is 7.89. The first kappa shape index (κ1) is 30.0. The first-order chi connectivity index (χ1) is 19.5. The molecule has 2 heterocycles. The molecule has 2 aromatic carbocycles. The van der Waals surface area contributed by atoms with E-state index < -0.39 is 28.0 Å². The Bertz CT molecular complexity index is 1470. The molecule has 1 aliphatic rings. The lowest BCUT2D eigenvalue weighted by Crippen LogP contribution is -2.48. The van der Waals surface area contributed by atoms with Gasteiger partial charge >= 0.3 is 0 Å². The number of aliphatic hydroxyl groups is 1. The van der Waals surface area contributed by atoms with Crippen molar-refractivity contribution >= 4 is 27.5 Å². The Kier molecular flexibility index (Phi) is 9.30. The predicted octanol–water partition coefficient (Wildman–Crippen LogP) is 0.921. The van der Waals surface area contributed by atoms with Gasteiger partial charge in [-0.05, 0) is 59.8 Å². The normalized spacial score (nSPS) is 18.6. The van der Waals surface area contributed by atoms with Crippen molar-refractivity contribution in [1.29, 1.82) is 0 Å². The van der Waals surface area contributed by atoms with E-state index in [1.165, 1.54) is 30.2 Å². The minimum absolute atomic E-state index is 0.0646. The molecule has 0 bridgehead atoms. The number of tetrazole rings is 1. The van der Waals surface area contributed by atoms with E-state index in [1.54, 1.807) is 30.0 Å². The largest absolute Gasteiger partial charge is 0.488 e. The summed E-state index contributed by atoms with van der Waals surface area (Å²) in [6.45, 7) is 3.32. The van der Waals surface area contributed by atoms with Gasteiger partial charge in [0.1, 0.15) is 30.5 Å². The summed E-state index contributed by atoms with van der Waals surface area (Å²) in [7, 11) is -2.56. The zero-order chi connectivity index (χ0) is 29.7. The Morgan fingerprint density at radius 3 is 2.66 bits per heavy atom. The summed E-state index contributed by atoms with van der Waals surface area (Å²) in [6.07, 6.45) is 0.537. The molecule has 3 atom stereocenters. The Hall–Kier alpha value is -3.95. The van der Waals surface area contributed by atoms with Crippen LogP contribution in [0.1, 0.15) is 19.4 Å². The van der Waals surface area contributed by atoms with Gasteiger partial charge in [0, 0.05) is 30.8 Å². The number of amides is 2. The molecule has 15 heteroatoms. The van der Waals surface area contributed by atoms with Crippen LogP contribution in [0.5, 0.6) is 5.75 Å². The lowest BCUT2D eigenvalue weighted by molar-refractivity contribution is -0.134. The van der Waals surface area contributed by atoms with Gasteiger partial charge < -0.3 is 20.1 Å². The maximum absolute atomic E-state index is 13.4. The number of benzene rings is 2. The molecule has 41 heavy (non-hydrogen) atoms. The number of carbonyl (C=O) groups is 2. The van der Waals surface area contributed by atoms with Crippen LogP contribution in [-0.4, -0.2) is 93.6 Å². The number of nitrogens with one attached hydrogen (secondary N) is 1. The van der Waals surface area contributed by atoms with Gasteiger partial charge in [-0.1, -0.05) is 6.92 Å². The van der Waals surface area contributed by atoms with Gasteiger partial charge in [0.25, 0.3) is 0 Å². The highest BCUT2D eigenvalue weighted by Crippen LogP contribution is 2.30. The van der Waals surface area contributed by atoms with E-state index in [0.29, 0.717) is 17.0 Å². The van der Waals surface area contributed by atoms with Gasteiger partial charge in [-0.25, -0.2) is 17.5 Å². The van der Waals surface area contributed by atoms with Crippen molar-refractivity contribution < 1.29 is 32.2 Å². The number of hydrogen-bond donors (Lipinski definition) is 2. The van der Waals surface area contributed by atoms with Crippen molar-refractivity contribution in [1.82, 2.24) is 29.4 Å². The number of nitrogens with zero attached hydrogens (tertiary/aromatic N) is 6. The second-order valence-corrected chi connectivity index (χ2v) is 12.1.